The number of ether oxygens (including phenoxy) is 12. The first-order chi connectivity index (χ1) is 40.4. The average molecular weight is 1110 g/mol. The molecule has 2 amide bonds. The highest BCUT2D eigenvalue weighted by Crippen LogP contribution is 2.43. The van der Waals surface area contributed by atoms with E-state index in [0.29, 0.717) is 11.3 Å². The maximum Gasteiger partial charge on any atom is 0.232 e. The van der Waals surface area contributed by atoms with Gasteiger partial charge in [0.15, 0.2) is 12.5 Å². The zero-order valence-corrected chi connectivity index (χ0v) is 46.3. The maximum atomic E-state index is 14.0. The van der Waals surface area contributed by atoms with Gasteiger partial charge in [-0.15, -0.1) is 0 Å². The molecule has 3 aliphatic heterocycles. The summed E-state index contributed by atoms with van der Waals surface area (Å²) in [7, 11) is 3.14. The molecule has 0 bridgehead atoms. The Kier molecular flexibility index (Phi) is 20.8. The molecule has 0 spiro atoms. The monoisotopic (exact) mass is 1110 g/mol. The van der Waals surface area contributed by atoms with Gasteiger partial charge >= 0.3 is 0 Å². The van der Waals surface area contributed by atoms with Gasteiger partial charge < -0.3 is 56.8 Å². The molecule has 15 nitrogen and oxygen atoms in total. The van der Waals surface area contributed by atoms with Gasteiger partial charge in [0.2, 0.25) is 17.6 Å². The molecule has 7 aromatic rings. The van der Waals surface area contributed by atoms with Gasteiger partial charge in [0.1, 0.15) is 55.1 Å². The van der Waals surface area contributed by atoms with E-state index < -0.39 is 72.8 Å². The van der Waals surface area contributed by atoms with Crippen LogP contribution in [-0.2, 0) is 101 Å². The van der Waals surface area contributed by atoms with E-state index in [1.165, 1.54) is 4.90 Å². The summed E-state index contributed by atoms with van der Waals surface area (Å²) in [4.78, 5) is 29.3. The van der Waals surface area contributed by atoms with E-state index in [1.54, 1.807) is 38.5 Å². The van der Waals surface area contributed by atoms with Crippen LogP contribution in [0.15, 0.2) is 206 Å². The van der Waals surface area contributed by atoms with Crippen LogP contribution in [0.2, 0.25) is 0 Å². The second-order valence-corrected chi connectivity index (χ2v) is 20.4. The van der Waals surface area contributed by atoms with Gasteiger partial charge in [0, 0.05) is 25.5 Å². The lowest BCUT2D eigenvalue weighted by atomic mass is 9.97. The minimum atomic E-state index is -1.88. The van der Waals surface area contributed by atoms with Gasteiger partial charge in [-0.2, -0.15) is 0 Å². The van der Waals surface area contributed by atoms with Crippen LogP contribution in [0.5, 0.6) is 5.75 Å². The van der Waals surface area contributed by atoms with Crippen LogP contribution < -0.4 is 4.74 Å². The van der Waals surface area contributed by atoms with Crippen molar-refractivity contribution in [3.63, 3.8) is 0 Å². The summed E-state index contributed by atoms with van der Waals surface area (Å²) >= 11 is 0. The Labute approximate surface area is 479 Å². The fourth-order valence-electron chi connectivity index (χ4n) is 10.5. The Morgan fingerprint density at radius 1 is 0.476 bits per heavy atom. The van der Waals surface area contributed by atoms with E-state index >= 15 is 0 Å². The van der Waals surface area contributed by atoms with Crippen molar-refractivity contribution in [1.82, 2.24) is 4.90 Å². The quantitative estimate of drug-likeness (QED) is 0.0410. The van der Waals surface area contributed by atoms with Crippen LogP contribution in [0.1, 0.15) is 58.0 Å². The Bertz CT molecular complexity index is 2990. The molecule has 0 radical (unpaired) electrons. The van der Waals surface area contributed by atoms with Crippen LogP contribution in [-0.4, -0.2) is 106 Å². The first-order valence-electron chi connectivity index (χ1n) is 27.9. The molecule has 3 heterocycles. The highest BCUT2D eigenvalue weighted by atomic mass is 16.8. The van der Waals surface area contributed by atoms with Crippen LogP contribution in [0.3, 0.4) is 0 Å². The molecule has 0 aromatic heterocycles. The summed E-state index contributed by atoms with van der Waals surface area (Å²) in [5.41, 5.74) is 6.04. The molecule has 1 unspecified atom stereocenters. The molecule has 10 atom stereocenters. The molecule has 428 valence electrons. The fraction of sp³-hybridized carbons (Fsp3) is 0.343. The van der Waals surface area contributed by atoms with Gasteiger partial charge in [-0.1, -0.05) is 194 Å². The van der Waals surface area contributed by atoms with Crippen LogP contribution >= 0.6 is 0 Å². The van der Waals surface area contributed by atoms with Crippen molar-refractivity contribution >= 4 is 11.8 Å². The molecule has 10 rings (SSSR count). The third-order valence-electron chi connectivity index (χ3n) is 14.7. The lowest BCUT2D eigenvalue weighted by molar-refractivity contribution is -0.347. The number of rotatable bonds is 29. The lowest BCUT2D eigenvalue weighted by Crippen LogP contribution is -2.62. The smallest absolute Gasteiger partial charge is 0.232 e. The number of amides is 2. The maximum absolute atomic E-state index is 14.0. The van der Waals surface area contributed by atoms with Crippen molar-refractivity contribution < 1.29 is 66.4 Å². The Hall–Kier alpha value is -6.96. The van der Waals surface area contributed by atoms with Crippen molar-refractivity contribution in [3.8, 4) is 5.75 Å². The molecular formula is C67H71NO14. The third-order valence-corrected chi connectivity index (χ3v) is 14.7. The van der Waals surface area contributed by atoms with E-state index in [9.17, 15) is 9.59 Å². The van der Waals surface area contributed by atoms with Gasteiger partial charge in [-0.05, 0) is 45.5 Å². The number of methoxy groups -OCH3 is 2. The molecule has 15 heteroatoms. The van der Waals surface area contributed by atoms with Crippen LogP contribution in [0, 0.1) is 0 Å². The number of benzene rings is 7. The van der Waals surface area contributed by atoms with Crippen LogP contribution in [0.25, 0.3) is 0 Å². The predicted molar refractivity (Wildman–Crippen MR) is 303 cm³/mol. The molecule has 3 saturated heterocycles. The number of carbonyl (C=O) groups is 2. The summed E-state index contributed by atoms with van der Waals surface area (Å²) in [5, 5.41) is 0. The number of hydrogen-bond donors (Lipinski definition) is 0. The first kappa shape index (κ1) is 58.2. The first-order valence-corrected chi connectivity index (χ1v) is 27.9. The average Bonchev–Trinajstić information content (AvgIpc) is 4.02. The predicted octanol–water partition coefficient (Wildman–Crippen LogP) is 10.5. The Morgan fingerprint density at radius 3 is 1.37 bits per heavy atom. The Morgan fingerprint density at radius 2 is 0.902 bits per heavy atom. The van der Waals surface area contributed by atoms with Gasteiger partial charge in [0.25, 0.3) is 0 Å². The lowest BCUT2D eigenvalue weighted by Gasteiger charge is -2.46. The number of likely N-dealkylation sites (tertiary alicyclic amines) is 1. The molecular weight excluding hydrogens is 1040 g/mol. The largest absolute Gasteiger partial charge is 0.497 e. The molecule has 0 saturated carbocycles. The van der Waals surface area contributed by atoms with E-state index in [4.69, 9.17) is 56.8 Å². The highest BCUT2D eigenvalue weighted by Gasteiger charge is 2.61. The minimum Gasteiger partial charge on any atom is -0.497 e. The molecule has 3 fully saturated rings. The standard InChI is InChI=1S/C67H71NO14/c1-71-55-35-33-54(34-36-55)65(68-58(69)37-38-59(68)70)81-64-61(76-42-51-27-15-6-16-28-51)57(45-73-39-48-21-9-3-10-22-48)82-67(64,47-74-40-49-23-11-4-12-24-49)79-46-56-60(75-41-50-25-13-5-14-26-50)62(77-43-52-29-17-7-18-30-52)63(66(72-2)80-56)78-44-53-31-19-8-20-32-53/h3-36,56-57,60-66H,37-47H2,1-2H3/t56-,57-,60-,61-,62+,63+,64+,65?,66+,67-/m1/s1. The number of hydrogen-bond acceptors (Lipinski definition) is 14. The fourth-order valence-corrected chi connectivity index (χ4v) is 10.5. The highest BCUT2D eigenvalue weighted by molar-refractivity contribution is 6.02. The van der Waals surface area contributed by atoms with E-state index in [1.807, 2.05) is 182 Å². The third kappa shape index (κ3) is 15.2. The van der Waals surface area contributed by atoms with Gasteiger partial charge in [-0.3, -0.25) is 14.5 Å². The van der Waals surface area contributed by atoms with Gasteiger partial charge in [0.05, 0.1) is 60.0 Å². The summed E-state index contributed by atoms with van der Waals surface area (Å²) in [6.07, 6.45) is -8.75. The summed E-state index contributed by atoms with van der Waals surface area (Å²) < 4.78 is 82.1. The van der Waals surface area contributed by atoms with E-state index in [-0.39, 0.29) is 72.3 Å². The second kappa shape index (κ2) is 29.3. The summed E-state index contributed by atoms with van der Waals surface area (Å²) in [6.45, 7) is 0.725. The molecule has 82 heavy (non-hydrogen) atoms. The van der Waals surface area contributed by atoms with E-state index in [2.05, 4.69) is 0 Å². The molecule has 0 aliphatic carbocycles. The topological polar surface area (TPSA) is 148 Å². The normalized spacial score (nSPS) is 24.0. The second-order valence-electron chi connectivity index (χ2n) is 20.4. The van der Waals surface area contributed by atoms with E-state index in [0.717, 1.165) is 33.4 Å². The SMILES string of the molecule is COc1ccc(C(O[C@H]2[C@H](OCc3ccccc3)[C@@H](COCc3ccccc3)O[C@@]2(COCc2ccccc2)OC[C@H]2O[C@H](OC)[C@@H](OCc3ccccc3)[C@@H](OCc3ccccc3)[C@@H]2OCc2ccccc2)N2C(=O)CCC2=O)cc1. The zero-order valence-electron chi connectivity index (χ0n) is 46.3. The summed E-state index contributed by atoms with van der Waals surface area (Å²) in [5.74, 6) is -2.11. The summed E-state index contributed by atoms with van der Waals surface area (Å²) in [6, 6.07) is 66.0. The number of imide groups is 1. The molecule has 0 N–H and O–H groups in total. The van der Waals surface area contributed by atoms with Crippen molar-refractivity contribution in [2.75, 3.05) is 34.0 Å². The van der Waals surface area contributed by atoms with Crippen molar-refractivity contribution in [2.24, 2.45) is 0 Å². The Balaban J connectivity index is 1.07. The van der Waals surface area contributed by atoms with Crippen molar-refractivity contribution in [1.29, 1.82) is 0 Å². The van der Waals surface area contributed by atoms with Crippen molar-refractivity contribution in [3.05, 3.63) is 245 Å². The molecule has 7 aromatic carbocycles. The number of carbonyl (C=O) groups excluding carboxylic acids is 2. The minimum absolute atomic E-state index is 0.00928. The molecule has 3 aliphatic rings. The van der Waals surface area contributed by atoms with Crippen molar-refractivity contribution in [2.45, 2.75) is 114 Å². The van der Waals surface area contributed by atoms with Crippen LogP contribution in [0.4, 0.5) is 0 Å². The number of nitrogens with zero attached hydrogens (tertiary/aromatic N) is 1. The zero-order chi connectivity index (χ0) is 56.4. The van der Waals surface area contributed by atoms with Gasteiger partial charge in [-0.25, -0.2) is 0 Å².